The fraction of sp³-hybridized carbons (Fsp3) is 0.257. The maximum Gasteiger partial charge on any atom is 0.408 e. The van der Waals surface area contributed by atoms with Crippen molar-refractivity contribution in [2.75, 3.05) is 7.11 Å². The van der Waals surface area contributed by atoms with Gasteiger partial charge in [-0.05, 0) is 60.2 Å². The largest absolute Gasteiger partial charge is 0.497 e. The maximum atomic E-state index is 13.6. The Morgan fingerprint density at radius 3 is 1.91 bits per heavy atom. The molecule has 43 heavy (non-hydrogen) atoms. The van der Waals surface area contributed by atoms with Crippen LogP contribution in [0, 0.1) is 0 Å². The van der Waals surface area contributed by atoms with Crippen molar-refractivity contribution in [2.24, 2.45) is 0 Å². The van der Waals surface area contributed by atoms with Crippen LogP contribution in [0.25, 0.3) is 0 Å². The average molecular weight is 599 g/mol. The molecule has 2 amide bonds. The van der Waals surface area contributed by atoms with Crippen LogP contribution in [0.1, 0.15) is 36.0 Å². The number of nitrogens with one attached hydrogen (secondary N) is 2. The molecule has 0 aliphatic heterocycles. The third-order valence-electron chi connectivity index (χ3n) is 6.79. The van der Waals surface area contributed by atoms with E-state index in [0.717, 1.165) is 41.0 Å². The number of carbonyl (C=O) groups is 2. The summed E-state index contributed by atoms with van der Waals surface area (Å²) in [6, 6.07) is 36.1. The molecule has 8 heteroatoms. The zero-order chi connectivity index (χ0) is 30.1. The van der Waals surface area contributed by atoms with Crippen LogP contribution >= 0.6 is 11.8 Å². The molecule has 0 aliphatic carbocycles. The normalized spacial score (nSPS) is 12.1. The van der Waals surface area contributed by atoms with Crippen LogP contribution in [0.3, 0.4) is 0 Å². The van der Waals surface area contributed by atoms with Gasteiger partial charge in [-0.3, -0.25) is 9.63 Å². The summed E-state index contributed by atoms with van der Waals surface area (Å²) < 4.78 is 10.8. The number of carbonyl (C=O) groups excluding carboxylic acids is 2. The van der Waals surface area contributed by atoms with Gasteiger partial charge in [0.2, 0.25) is 0 Å². The molecule has 0 saturated heterocycles. The molecule has 7 nitrogen and oxygen atoms in total. The van der Waals surface area contributed by atoms with Gasteiger partial charge in [-0.1, -0.05) is 97.4 Å². The molecule has 0 bridgehead atoms. The van der Waals surface area contributed by atoms with E-state index in [2.05, 4.69) is 22.9 Å². The summed E-state index contributed by atoms with van der Waals surface area (Å²) in [5.41, 5.74) is 5.61. The number of amides is 2. The molecule has 2 atom stereocenters. The third kappa shape index (κ3) is 11.1. The maximum absolute atomic E-state index is 13.6. The van der Waals surface area contributed by atoms with Crippen molar-refractivity contribution in [3.05, 3.63) is 132 Å². The lowest BCUT2D eigenvalue weighted by Gasteiger charge is -2.27. The number of hydrogen-bond donors (Lipinski definition) is 2. The number of hydroxylamine groups is 1. The first-order valence-electron chi connectivity index (χ1n) is 14.4. The molecule has 0 radical (unpaired) electrons. The number of rotatable bonds is 16. The number of methoxy groups -OCH3 is 1. The summed E-state index contributed by atoms with van der Waals surface area (Å²) in [7, 11) is 1.62. The Kier molecular flexibility index (Phi) is 13.0. The highest BCUT2D eigenvalue weighted by atomic mass is 32.2. The minimum absolute atomic E-state index is 0.0961. The third-order valence-corrected chi connectivity index (χ3v) is 8.14. The summed E-state index contributed by atoms with van der Waals surface area (Å²) in [5.74, 6) is 0.302. The van der Waals surface area contributed by atoms with Crippen LogP contribution in [-0.2, 0) is 34.0 Å². The Morgan fingerprint density at radius 2 is 1.30 bits per heavy atom. The van der Waals surface area contributed by atoms with Crippen LogP contribution in [0.4, 0.5) is 4.79 Å². The Morgan fingerprint density at radius 1 is 0.721 bits per heavy atom. The molecule has 0 aromatic heterocycles. The Hall–Kier alpha value is -4.27. The summed E-state index contributed by atoms with van der Waals surface area (Å²) in [5, 5.41) is 2.54. The Balaban J connectivity index is 1.47. The zero-order valence-corrected chi connectivity index (χ0v) is 25.1. The predicted molar refractivity (Wildman–Crippen MR) is 170 cm³/mol. The number of alkyl carbamates (subject to hydrolysis) is 1. The van der Waals surface area contributed by atoms with Gasteiger partial charge in [0, 0.05) is 10.1 Å². The van der Waals surface area contributed by atoms with E-state index in [1.54, 1.807) is 7.11 Å². The van der Waals surface area contributed by atoms with E-state index < -0.39 is 18.0 Å². The number of ether oxygens (including phenoxy) is 2. The molecule has 0 aliphatic rings. The second-order valence-corrected chi connectivity index (χ2v) is 11.3. The van der Waals surface area contributed by atoms with Crippen molar-refractivity contribution in [3.8, 4) is 5.75 Å². The minimum Gasteiger partial charge on any atom is -0.497 e. The first-order chi connectivity index (χ1) is 21.1. The number of unbranched alkanes of at least 4 members (excludes halogenated alkanes) is 1. The lowest BCUT2D eigenvalue weighted by atomic mass is 10.0. The van der Waals surface area contributed by atoms with Gasteiger partial charge in [0.05, 0.1) is 13.7 Å². The molecule has 2 unspecified atom stereocenters. The van der Waals surface area contributed by atoms with E-state index in [0.29, 0.717) is 6.42 Å². The zero-order valence-electron chi connectivity index (χ0n) is 24.3. The van der Waals surface area contributed by atoms with Crippen molar-refractivity contribution < 1.29 is 23.9 Å². The smallest absolute Gasteiger partial charge is 0.408 e. The van der Waals surface area contributed by atoms with Crippen molar-refractivity contribution >= 4 is 23.8 Å². The summed E-state index contributed by atoms with van der Waals surface area (Å²) in [6.07, 6.45) is 2.75. The second kappa shape index (κ2) is 17.6. The number of benzene rings is 4. The molecule has 2 N–H and O–H groups in total. The van der Waals surface area contributed by atoms with Gasteiger partial charge in [-0.15, -0.1) is 11.8 Å². The fourth-order valence-corrected chi connectivity index (χ4v) is 5.74. The highest BCUT2D eigenvalue weighted by Crippen LogP contribution is 2.31. The van der Waals surface area contributed by atoms with E-state index in [1.807, 2.05) is 103 Å². The molecule has 0 spiro atoms. The van der Waals surface area contributed by atoms with E-state index in [-0.39, 0.29) is 18.5 Å². The molecule has 0 saturated carbocycles. The average Bonchev–Trinajstić information content (AvgIpc) is 3.06. The highest BCUT2D eigenvalue weighted by Gasteiger charge is 2.31. The summed E-state index contributed by atoms with van der Waals surface area (Å²) >= 11 is 1.53. The van der Waals surface area contributed by atoms with Crippen molar-refractivity contribution in [3.63, 3.8) is 0 Å². The van der Waals surface area contributed by atoms with Gasteiger partial charge in [-0.25, -0.2) is 10.3 Å². The first kappa shape index (κ1) is 31.7. The number of aryl methyl sites for hydroxylation is 1. The van der Waals surface area contributed by atoms with E-state index >= 15 is 0 Å². The molecule has 224 valence electrons. The van der Waals surface area contributed by atoms with Crippen LogP contribution in [-0.4, -0.2) is 30.4 Å². The van der Waals surface area contributed by atoms with E-state index in [4.69, 9.17) is 14.3 Å². The van der Waals surface area contributed by atoms with Crippen LogP contribution in [0.15, 0.2) is 120 Å². The van der Waals surface area contributed by atoms with E-state index in [1.165, 1.54) is 17.3 Å². The number of thioether (sulfide) groups is 1. The van der Waals surface area contributed by atoms with Gasteiger partial charge in [-0.2, -0.15) is 0 Å². The SMILES string of the molecule is COc1ccc(SC(CCCCc2ccccc2)C(NC(=O)OCc2ccccc2)C(=O)NOCc2ccccc2)cc1. The highest BCUT2D eigenvalue weighted by molar-refractivity contribution is 8.00. The van der Waals surface area contributed by atoms with Gasteiger partial charge in [0.15, 0.2) is 0 Å². The lowest BCUT2D eigenvalue weighted by Crippen LogP contribution is -2.52. The van der Waals surface area contributed by atoms with E-state index in [9.17, 15) is 9.59 Å². The van der Waals surface area contributed by atoms with Crippen molar-refractivity contribution in [2.45, 2.75) is 55.1 Å². The van der Waals surface area contributed by atoms with Crippen LogP contribution in [0.2, 0.25) is 0 Å². The summed E-state index contributed by atoms with van der Waals surface area (Å²) in [4.78, 5) is 33.1. The standard InChI is InChI=1S/C35H38N2O5S/c1-40-30-21-23-31(24-22-30)43-32(20-12-11-15-27-13-5-2-6-14-27)33(34(38)37-42-26-29-18-9-4-10-19-29)36-35(39)41-25-28-16-7-3-8-17-28/h2-10,13-14,16-19,21-24,32-33H,11-12,15,20,25-26H2,1H3,(H,36,39)(H,37,38). The van der Waals surface area contributed by atoms with Crippen molar-refractivity contribution in [1.82, 2.24) is 10.8 Å². The van der Waals surface area contributed by atoms with Gasteiger partial charge in [0.25, 0.3) is 5.91 Å². The Bertz CT molecular complexity index is 1370. The number of hydrogen-bond acceptors (Lipinski definition) is 6. The lowest BCUT2D eigenvalue weighted by molar-refractivity contribution is -0.136. The minimum atomic E-state index is -0.914. The predicted octanol–water partition coefficient (Wildman–Crippen LogP) is 7.11. The molecule has 4 aromatic rings. The second-order valence-electron chi connectivity index (χ2n) is 9.99. The van der Waals surface area contributed by atoms with Crippen LogP contribution in [0.5, 0.6) is 5.75 Å². The quantitative estimate of drug-likeness (QED) is 0.0812. The fourth-order valence-electron chi connectivity index (χ4n) is 4.49. The monoisotopic (exact) mass is 598 g/mol. The summed E-state index contributed by atoms with van der Waals surface area (Å²) in [6.45, 7) is 0.296. The topological polar surface area (TPSA) is 85.9 Å². The van der Waals surface area contributed by atoms with Crippen molar-refractivity contribution in [1.29, 1.82) is 0 Å². The molecular formula is C35H38N2O5S. The molecule has 4 rings (SSSR count). The van der Waals surface area contributed by atoms with Gasteiger partial charge < -0.3 is 14.8 Å². The molecule has 0 fully saturated rings. The molecule has 0 heterocycles. The Labute approximate surface area is 257 Å². The van der Waals surface area contributed by atoms with Gasteiger partial charge >= 0.3 is 6.09 Å². The molecule has 4 aromatic carbocycles. The van der Waals surface area contributed by atoms with Gasteiger partial charge in [0.1, 0.15) is 18.4 Å². The van der Waals surface area contributed by atoms with Crippen LogP contribution < -0.4 is 15.5 Å². The molecular weight excluding hydrogens is 560 g/mol. The first-order valence-corrected chi connectivity index (χ1v) is 15.3.